The number of benzene rings is 1. The van der Waals surface area contributed by atoms with Gasteiger partial charge in [-0.15, -0.1) is 12.4 Å². The van der Waals surface area contributed by atoms with Crippen LogP contribution in [0, 0.1) is 5.41 Å². The van der Waals surface area contributed by atoms with Crippen molar-refractivity contribution in [2.45, 2.75) is 26.8 Å². The van der Waals surface area contributed by atoms with Crippen LogP contribution in [0.4, 0.5) is 0 Å². The van der Waals surface area contributed by atoms with Gasteiger partial charge < -0.3 is 10.5 Å². The number of nitrogens with two attached hydrogens (primary N) is 1. The number of hydrogen-bond donors (Lipinski definition) is 1. The molecule has 1 aromatic rings. The van der Waals surface area contributed by atoms with Crippen LogP contribution in [-0.2, 0) is 4.74 Å². The molecule has 0 aromatic heterocycles. The minimum Gasteiger partial charge on any atom is -0.465 e. The predicted molar refractivity (Wildman–Crippen MR) is 71.4 cm³/mol. The smallest absolute Gasteiger partial charge is 0.337 e. The zero-order valence-corrected chi connectivity index (χ0v) is 11.5. The molecular weight excluding hydrogens is 238 g/mol. The van der Waals surface area contributed by atoms with Gasteiger partial charge in [-0.25, -0.2) is 4.79 Å². The molecule has 0 saturated carbocycles. The van der Waals surface area contributed by atoms with Gasteiger partial charge in [0.25, 0.3) is 0 Å². The second kappa shape index (κ2) is 6.03. The fourth-order valence-electron chi connectivity index (χ4n) is 1.44. The summed E-state index contributed by atoms with van der Waals surface area (Å²) in [4.78, 5) is 11.2. The molecule has 3 nitrogen and oxygen atoms in total. The first-order valence-corrected chi connectivity index (χ1v) is 5.30. The summed E-state index contributed by atoms with van der Waals surface area (Å²) >= 11 is 0. The highest BCUT2D eigenvalue weighted by molar-refractivity contribution is 5.89. The predicted octanol–water partition coefficient (Wildman–Crippen LogP) is 2.94. The Balaban J connectivity index is 0.00000256. The Bertz CT molecular complexity index is 368. The number of ether oxygens (including phenoxy) is 1. The summed E-state index contributed by atoms with van der Waals surface area (Å²) < 4.78 is 4.63. The van der Waals surface area contributed by atoms with Crippen molar-refractivity contribution in [3.05, 3.63) is 35.4 Å². The number of rotatable bonds is 2. The number of carbonyl (C=O) groups excluding carboxylic acids is 1. The molecule has 0 heterocycles. The van der Waals surface area contributed by atoms with Gasteiger partial charge in [0, 0.05) is 6.04 Å². The lowest BCUT2D eigenvalue weighted by molar-refractivity contribution is 0.0600. The van der Waals surface area contributed by atoms with Gasteiger partial charge >= 0.3 is 5.97 Å². The van der Waals surface area contributed by atoms with Crippen molar-refractivity contribution in [3.63, 3.8) is 0 Å². The van der Waals surface area contributed by atoms with E-state index in [-0.39, 0.29) is 29.8 Å². The van der Waals surface area contributed by atoms with Gasteiger partial charge in [-0.05, 0) is 23.1 Å². The van der Waals surface area contributed by atoms with E-state index in [1.807, 2.05) is 12.1 Å². The lowest BCUT2D eigenvalue weighted by atomic mass is 9.83. The van der Waals surface area contributed by atoms with E-state index in [2.05, 4.69) is 25.5 Å². The zero-order valence-electron chi connectivity index (χ0n) is 10.7. The fraction of sp³-hybridized carbons (Fsp3) is 0.462. The summed E-state index contributed by atoms with van der Waals surface area (Å²) in [6.45, 7) is 6.27. The van der Waals surface area contributed by atoms with Crippen molar-refractivity contribution < 1.29 is 9.53 Å². The van der Waals surface area contributed by atoms with Gasteiger partial charge in [0.1, 0.15) is 0 Å². The highest BCUT2D eigenvalue weighted by atomic mass is 35.5. The Morgan fingerprint density at radius 1 is 1.24 bits per heavy atom. The second-order valence-electron chi connectivity index (χ2n) is 4.96. The number of halogens is 1. The molecule has 2 N–H and O–H groups in total. The average molecular weight is 258 g/mol. The Morgan fingerprint density at radius 3 is 2.06 bits per heavy atom. The molecule has 0 saturated heterocycles. The van der Waals surface area contributed by atoms with Gasteiger partial charge in [0.05, 0.1) is 12.7 Å². The van der Waals surface area contributed by atoms with Gasteiger partial charge in [0.2, 0.25) is 0 Å². The molecule has 17 heavy (non-hydrogen) atoms. The quantitative estimate of drug-likeness (QED) is 0.829. The molecule has 1 atom stereocenters. The van der Waals surface area contributed by atoms with E-state index in [0.717, 1.165) is 5.56 Å². The van der Waals surface area contributed by atoms with Crippen molar-refractivity contribution in [1.29, 1.82) is 0 Å². The minimum atomic E-state index is -0.323. The molecule has 1 rings (SSSR count). The van der Waals surface area contributed by atoms with E-state index in [1.54, 1.807) is 12.1 Å². The van der Waals surface area contributed by atoms with Gasteiger partial charge in [-0.2, -0.15) is 0 Å². The van der Waals surface area contributed by atoms with E-state index >= 15 is 0 Å². The van der Waals surface area contributed by atoms with E-state index < -0.39 is 0 Å². The molecule has 0 unspecified atom stereocenters. The highest BCUT2D eigenvalue weighted by Gasteiger charge is 2.22. The molecule has 0 fully saturated rings. The lowest BCUT2D eigenvalue weighted by Crippen LogP contribution is -2.26. The standard InChI is InChI=1S/C13H19NO2.ClH/c1-13(2,3)11(14)9-5-7-10(8-6-9)12(15)16-4;/h5-8,11H,14H2,1-4H3;1H/t11-;/m0./s1. The normalized spacial score (nSPS) is 12.5. The summed E-state index contributed by atoms with van der Waals surface area (Å²) in [7, 11) is 1.37. The van der Waals surface area contributed by atoms with Crippen LogP contribution in [0.1, 0.15) is 42.7 Å². The summed E-state index contributed by atoms with van der Waals surface area (Å²) in [6, 6.07) is 7.20. The number of methoxy groups -OCH3 is 1. The first-order valence-electron chi connectivity index (χ1n) is 5.30. The van der Waals surface area contributed by atoms with E-state index in [9.17, 15) is 4.79 Å². The topological polar surface area (TPSA) is 52.3 Å². The highest BCUT2D eigenvalue weighted by Crippen LogP contribution is 2.30. The van der Waals surface area contributed by atoms with Gasteiger partial charge in [-0.3, -0.25) is 0 Å². The number of hydrogen-bond acceptors (Lipinski definition) is 3. The summed E-state index contributed by atoms with van der Waals surface area (Å²) in [5.74, 6) is -0.323. The average Bonchev–Trinajstić information content (AvgIpc) is 2.26. The number of esters is 1. The Morgan fingerprint density at radius 2 is 1.71 bits per heavy atom. The summed E-state index contributed by atoms with van der Waals surface area (Å²) in [5, 5.41) is 0. The van der Waals surface area contributed by atoms with Gasteiger partial charge in [0.15, 0.2) is 0 Å². The molecule has 96 valence electrons. The lowest BCUT2D eigenvalue weighted by Gasteiger charge is -2.27. The molecule has 0 spiro atoms. The fourth-order valence-corrected chi connectivity index (χ4v) is 1.44. The van der Waals surface area contributed by atoms with Crippen LogP contribution in [0.2, 0.25) is 0 Å². The molecule has 0 aliphatic rings. The first kappa shape index (κ1) is 15.9. The maximum Gasteiger partial charge on any atom is 0.337 e. The van der Waals surface area contributed by atoms with Crippen molar-refractivity contribution >= 4 is 18.4 Å². The van der Waals surface area contributed by atoms with Crippen LogP contribution in [0.3, 0.4) is 0 Å². The third-order valence-corrected chi connectivity index (χ3v) is 2.62. The SMILES string of the molecule is COC(=O)c1ccc([C@H](N)C(C)(C)C)cc1.Cl. The monoisotopic (exact) mass is 257 g/mol. The molecule has 1 aromatic carbocycles. The maximum absolute atomic E-state index is 11.2. The van der Waals surface area contributed by atoms with E-state index in [4.69, 9.17) is 5.73 Å². The number of carbonyl (C=O) groups is 1. The minimum absolute atomic E-state index is 0. The molecule has 4 heteroatoms. The van der Waals surface area contributed by atoms with Crippen LogP contribution in [0.5, 0.6) is 0 Å². The zero-order chi connectivity index (χ0) is 12.3. The van der Waals surface area contributed by atoms with E-state index in [1.165, 1.54) is 7.11 Å². The Labute approximate surface area is 109 Å². The molecule has 0 bridgehead atoms. The van der Waals surface area contributed by atoms with Crippen LogP contribution >= 0.6 is 12.4 Å². The third kappa shape index (κ3) is 4.02. The van der Waals surface area contributed by atoms with Crippen molar-refractivity contribution in [2.75, 3.05) is 7.11 Å². The van der Waals surface area contributed by atoms with Gasteiger partial charge in [-0.1, -0.05) is 32.9 Å². The summed E-state index contributed by atoms with van der Waals surface area (Å²) in [6.07, 6.45) is 0. The van der Waals surface area contributed by atoms with Crippen molar-refractivity contribution in [2.24, 2.45) is 11.1 Å². The van der Waals surface area contributed by atoms with Crippen molar-refractivity contribution in [3.8, 4) is 0 Å². The molecule has 0 aliphatic heterocycles. The van der Waals surface area contributed by atoms with Crippen LogP contribution in [-0.4, -0.2) is 13.1 Å². The molecule has 0 radical (unpaired) electrons. The van der Waals surface area contributed by atoms with Crippen LogP contribution in [0.25, 0.3) is 0 Å². The summed E-state index contributed by atoms with van der Waals surface area (Å²) in [5.41, 5.74) is 7.70. The molecule has 0 amide bonds. The van der Waals surface area contributed by atoms with Crippen LogP contribution < -0.4 is 5.73 Å². The Hall–Kier alpha value is -1.06. The molecule has 0 aliphatic carbocycles. The van der Waals surface area contributed by atoms with Crippen LogP contribution in [0.15, 0.2) is 24.3 Å². The third-order valence-electron chi connectivity index (χ3n) is 2.62. The second-order valence-corrected chi connectivity index (χ2v) is 4.96. The van der Waals surface area contributed by atoms with Crippen molar-refractivity contribution in [1.82, 2.24) is 0 Å². The maximum atomic E-state index is 11.2. The van der Waals surface area contributed by atoms with E-state index in [0.29, 0.717) is 5.56 Å². The first-order chi connectivity index (χ1) is 7.36. The Kier molecular flexibility index (Phi) is 5.66. The largest absolute Gasteiger partial charge is 0.465 e. The molecular formula is C13H20ClNO2.